The van der Waals surface area contributed by atoms with Gasteiger partial charge in [0.05, 0.1) is 16.8 Å². The third-order valence-corrected chi connectivity index (χ3v) is 5.26. The van der Waals surface area contributed by atoms with E-state index in [2.05, 4.69) is 20.4 Å². The zero-order chi connectivity index (χ0) is 20.0. The highest BCUT2D eigenvalue weighted by Crippen LogP contribution is 2.34. The number of anilines is 2. The fraction of sp³-hybridized carbons (Fsp3) is 0.190. The van der Waals surface area contributed by atoms with Gasteiger partial charge in [-0.1, -0.05) is 11.6 Å². The molecule has 1 fully saturated rings. The summed E-state index contributed by atoms with van der Waals surface area (Å²) in [5.74, 6) is 1.26. The zero-order valence-corrected chi connectivity index (χ0v) is 16.2. The van der Waals surface area contributed by atoms with Crippen molar-refractivity contribution in [3.05, 3.63) is 59.4 Å². The summed E-state index contributed by atoms with van der Waals surface area (Å²) in [6, 6.07) is 13.4. The van der Waals surface area contributed by atoms with E-state index in [1.54, 1.807) is 28.9 Å². The fourth-order valence-electron chi connectivity index (χ4n) is 3.24. The Morgan fingerprint density at radius 3 is 2.48 bits per heavy atom. The van der Waals surface area contributed by atoms with E-state index in [0.717, 1.165) is 17.8 Å². The Kier molecular flexibility index (Phi) is 4.32. The van der Waals surface area contributed by atoms with Gasteiger partial charge in [0, 0.05) is 17.1 Å². The van der Waals surface area contributed by atoms with Gasteiger partial charge in [-0.15, -0.1) is 5.10 Å². The lowest BCUT2D eigenvalue weighted by atomic mass is 10.1. The van der Waals surface area contributed by atoms with Crippen molar-refractivity contribution in [2.45, 2.75) is 12.8 Å². The first kappa shape index (κ1) is 17.9. The number of nitrogens with one attached hydrogen (secondary N) is 1. The summed E-state index contributed by atoms with van der Waals surface area (Å²) in [4.78, 5) is 9.25. The summed E-state index contributed by atoms with van der Waals surface area (Å²) in [5, 5.41) is 9.15. The van der Waals surface area contributed by atoms with Gasteiger partial charge in [-0.3, -0.25) is 0 Å². The van der Waals surface area contributed by atoms with Gasteiger partial charge in [-0.05, 0) is 67.3 Å². The molecule has 0 unspecified atom stereocenters. The van der Waals surface area contributed by atoms with Crippen LogP contribution in [0.4, 0.5) is 16.2 Å². The van der Waals surface area contributed by atoms with Crippen molar-refractivity contribution in [3.63, 3.8) is 0 Å². The largest absolute Gasteiger partial charge is 0.383 e. The van der Waals surface area contributed by atoms with Crippen molar-refractivity contribution >= 4 is 34.4 Å². The molecule has 29 heavy (non-hydrogen) atoms. The first-order chi connectivity index (χ1) is 14.1. The van der Waals surface area contributed by atoms with Crippen LogP contribution in [0.15, 0.2) is 48.5 Å². The van der Waals surface area contributed by atoms with Gasteiger partial charge in [-0.2, -0.15) is 4.98 Å². The molecule has 1 aliphatic carbocycles. The number of benzene rings is 2. The van der Waals surface area contributed by atoms with E-state index in [1.165, 1.54) is 25.0 Å². The summed E-state index contributed by atoms with van der Waals surface area (Å²) in [6.45, 7) is 0.821. The maximum Gasteiger partial charge on any atom is 0.225 e. The van der Waals surface area contributed by atoms with E-state index in [1.807, 2.05) is 12.1 Å². The molecular formula is C21H18ClFN6. The van der Waals surface area contributed by atoms with Crippen LogP contribution in [0.25, 0.3) is 28.0 Å². The van der Waals surface area contributed by atoms with E-state index in [9.17, 15) is 4.39 Å². The molecule has 2 heterocycles. The highest BCUT2D eigenvalue weighted by atomic mass is 35.5. The minimum absolute atomic E-state index is 0.309. The minimum atomic E-state index is -0.309. The molecule has 4 aromatic rings. The molecule has 3 N–H and O–H groups in total. The average molecular weight is 409 g/mol. The number of nitrogen functional groups attached to an aromatic ring is 1. The molecule has 0 amide bonds. The second-order valence-electron chi connectivity index (χ2n) is 7.20. The molecule has 5 rings (SSSR count). The summed E-state index contributed by atoms with van der Waals surface area (Å²) in [5.41, 5.74) is 9.06. The number of nitrogens with two attached hydrogens (primary N) is 1. The number of halogens is 2. The molecular weight excluding hydrogens is 391 g/mol. The maximum absolute atomic E-state index is 13.5. The zero-order valence-electron chi connectivity index (χ0n) is 15.4. The average Bonchev–Trinajstić information content (AvgIpc) is 3.50. The Bertz CT molecular complexity index is 1180. The van der Waals surface area contributed by atoms with Gasteiger partial charge >= 0.3 is 0 Å². The number of aromatic nitrogens is 4. The normalized spacial score (nSPS) is 13.7. The van der Waals surface area contributed by atoms with Crippen LogP contribution in [0.2, 0.25) is 5.02 Å². The summed E-state index contributed by atoms with van der Waals surface area (Å²) >= 11 is 6.00. The predicted octanol–water partition coefficient (Wildman–Crippen LogP) is 4.68. The molecule has 0 spiro atoms. The quantitative estimate of drug-likeness (QED) is 0.501. The highest BCUT2D eigenvalue weighted by molar-refractivity contribution is 6.30. The van der Waals surface area contributed by atoms with E-state index < -0.39 is 0 Å². The Hall–Kier alpha value is -3.19. The number of fused-ring (bicyclic) bond motifs is 1. The van der Waals surface area contributed by atoms with Gasteiger partial charge in [0.25, 0.3) is 0 Å². The molecule has 0 saturated heterocycles. The number of nitrogens with zero attached hydrogens (tertiary/aromatic N) is 4. The molecule has 0 atom stereocenters. The summed E-state index contributed by atoms with van der Waals surface area (Å²) < 4.78 is 15.1. The fourth-order valence-corrected chi connectivity index (χ4v) is 3.37. The van der Waals surface area contributed by atoms with Crippen LogP contribution in [-0.2, 0) is 0 Å². The van der Waals surface area contributed by atoms with Crippen molar-refractivity contribution in [1.29, 1.82) is 0 Å². The van der Waals surface area contributed by atoms with Gasteiger partial charge in [0.1, 0.15) is 11.6 Å². The third-order valence-electron chi connectivity index (χ3n) is 5.00. The lowest BCUT2D eigenvalue weighted by Gasteiger charge is -2.08. The van der Waals surface area contributed by atoms with Crippen molar-refractivity contribution < 1.29 is 4.39 Å². The number of hydrogen-bond donors (Lipinski definition) is 2. The summed E-state index contributed by atoms with van der Waals surface area (Å²) in [6.07, 6.45) is 2.44. The lowest BCUT2D eigenvalue weighted by molar-refractivity contribution is 0.628. The third kappa shape index (κ3) is 3.49. The molecule has 8 heteroatoms. The predicted molar refractivity (Wildman–Crippen MR) is 113 cm³/mol. The van der Waals surface area contributed by atoms with Gasteiger partial charge in [0.15, 0.2) is 5.65 Å². The molecule has 1 aliphatic rings. The Labute approximate surface area is 171 Å². The molecule has 146 valence electrons. The molecule has 0 aliphatic heterocycles. The molecule has 0 radical (unpaired) electrons. The Morgan fingerprint density at radius 2 is 1.79 bits per heavy atom. The topological polar surface area (TPSA) is 81.7 Å². The van der Waals surface area contributed by atoms with Crippen LogP contribution in [0.1, 0.15) is 12.8 Å². The second-order valence-corrected chi connectivity index (χ2v) is 7.64. The lowest BCUT2D eigenvalue weighted by Crippen LogP contribution is -2.07. The standard InChI is InChI=1S/C21H18ClFN6/c22-14-5-9-16(10-6-14)29-19(24)17-18(13-3-7-15(23)8-4-13)26-21(27-20(17)28-29)25-11-12-1-2-12/h3-10,12H,1-2,11,24H2,(H,25,27,28). The van der Waals surface area contributed by atoms with Gasteiger partial charge in [-0.25, -0.2) is 14.1 Å². The van der Waals surface area contributed by atoms with Crippen LogP contribution in [0, 0.1) is 11.7 Å². The second kappa shape index (κ2) is 7.00. The summed E-state index contributed by atoms with van der Waals surface area (Å²) in [7, 11) is 0. The van der Waals surface area contributed by atoms with Crippen molar-refractivity contribution in [2.75, 3.05) is 17.6 Å². The van der Waals surface area contributed by atoms with E-state index in [-0.39, 0.29) is 5.82 Å². The van der Waals surface area contributed by atoms with Crippen LogP contribution in [0.3, 0.4) is 0 Å². The minimum Gasteiger partial charge on any atom is -0.383 e. The van der Waals surface area contributed by atoms with Crippen LogP contribution in [-0.4, -0.2) is 26.3 Å². The monoisotopic (exact) mass is 408 g/mol. The first-order valence-electron chi connectivity index (χ1n) is 9.40. The maximum atomic E-state index is 13.5. The van der Waals surface area contributed by atoms with E-state index in [4.69, 9.17) is 17.3 Å². The Balaban J connectivity index is 1.68. The molecule has 1 saturated carbocycles. The van der Waals surface area contributed by atoms with Crippen LogP contribution < -0.4 is 11.1 Å². The van der Waals surface area contributed by atoms with E-state index in [0.29, 0.717) is 39.4 Å². The van der Waals surface area contributed by atoms with Crippen molar-refractivity contribution in [1.82, 2.24) is 19.7 Å². The number of rotatable bonds is 5. The highest BCUT2D eigenvalue weighted by Gasteiger charge is 2.23. The van der Waals surface area contributed by atoms with Gasteiger partial charge in [0.2, 0.25) is 5.95 Å². The SMILES string of the molecule is Nc1c2c(-c3ccc(F)cc3)nc(NCC3CC3)nc2nn1-c1ccc(Cl)cc1. The van der Waals surface area contributed by atoms with Crippen molar-refractivity contribution in [2.24, 2.45) is 5.92 Å². The molecule has 6 nitrogen and oxygen atoms in total. The smallest absolute Gasteiger partial charge is 0.225 e. The van der Waals surface area contributed by atoms with Crippen LogP contribution in [0.5, 0.6) is 0 Å². The molecule has 2 aromatic heterocycles. The van der Waals surface area contributed by atoms with Gasteiger partial charge < -0.3 is 11.1 Å². The molecule has 2 aromatic carbocycles. The Morgan fingerprint density at radius 1 is 1.07 bits per heavy atom. The molecule has 0 bridgehead atoms. The number of hydrogen-bond acceptors (Lipinski definition) is 5. The first-order valence-corrected chi connectivity index (χ1v) is 9.78. The van der Waals surface area contributed by atoms with Crippen molar-refractivity contribution in [3.8, 4) is 16.9 Å². The van der Waals surface area contributed by atoms with Crippen LogP contribution >= 0.6 is 11.6 Å². The van der Waals surface area contributed by atoms with E-state index >= 15 is 0 Å².